The predicted molar refractivity (Wildman–Crippen MR) is 45.5 cm³/mol. The van der Waals surface area contributed by atoms with Crippen molar-refractivity contribution >= 4 is 107 Å². The molecule has 0 aliphatic rings. The van der Waals surface area contributed by atoms with Crippen LogP contribution in [-0.4, -0.2) is 107 Å². The second-order valence-electron chi connectivity index (χ2n) is 0. The van der Waals surface area contributed by atoms with Gasteiger partial charge < -0.3 is 0 Å². The predicted octanol–water partition coefficient (Wildman–Crippen LogP) is -5.12. The molecule has 2 atom stereocenters. The van der Waals surface area contributed by atoms with Crippen LogP contribution in [0.3, 0.4) is 0 Å². The molecule has 0 rings (SSSR count). The van der Waals surface area contributed by atoms with Gasteiger partial charge in [-0.1, -0.05) is 0 Å². The average Bonchev–Trinajstić information content (AvgIpc) is 0. The molecule has 0 aliphatic carbocycles. The number of hydrogen-bond donors (Lipinski definition) is 0. The maximum absolute atomic E-state index is 0. The fourth-order valence-corrected chi connectivity index (χ4v) is 0. The van der Waals surface area contributed by atoms with Gasteiger partial charge in [-0.15, -0.1) is 0 Å². The van der Waals surface area contributed by atoms with E-state index >= 15 is 0 Å². The molecular formula is H12As2Te3. The second kappa shape index (κ2) is 25.9. The van der Waals surface area contributed by atoms with E-state index in [2.05, 4.69) is 0 Å². The van der Waals surface area contributed by atoms with Crippen LogP contribution >= 0.6 is 0 Å². The zero-order valence-corrected chi connectivity index (χ0v) is 17.4. The van der Waals surface area contributed by atoms with E-state index in [1.807, 2.05) is 0 Å². The van der Waals surface area contributed by atoms with Gasteiger partial charge in [0.2, 0.25) is 0 Å². The molecule has 0 radical (unpaired) electrons. The molecule has 5 heteroatoms. The summed E-state index contributed by atoms with van der Waals surface area (Å²) in [5.74, 6) is 0. The van der Waals surface area contributed by atoms with Crippen molar-refractivity contribution < 1.29 is 0 Å². The first-order valence-corrected chi connectivity index (χ1v) is 0. The van der Waals surface area contributed by atoms with E-state index in [0.29, 0.717) is 0 Å². The Bertz CT molecular complexity index is 4.85. The molecule has 0 heterocycles. The summed E-state index contributed by atoms with van der Waals surface area (Å²) in [7, 11) is 0. The molecule has 0 bridgehead atoms. The van der Waals surface area contributed by atoms with Crippen LogP contribution in [0.25, 0.3) is 0 Å². The summed E-state index contributed by atoms with van der Waals surface area (Å²) in [5, 5.41) is 0. The van der Waals surface area contributed by atoms with Crippen LogP contribution in [-0.2, 0) is 0 Å². The van der Waals surface area contributed by atoms with Crippen molar-refractivity contribution in [2.75, 3.05) is 0 Å². The molecule has 0 amide bonds. The monoisotopic (exact) mass is 552 g/mol. The molecule has 0 saturated carbocycles. The minimum absolute atomic E-state index is 0. The summed E-state index contributed by atoms with van der Waals surface area (Å²) in [6.45, 7) is 0. The Balaban J connectivity index is 0. The van der Waals surface area contributed by atoms with E-state index in [9.17, 15) is 0 Å². The summed E-state index contributed by atoms with van der Waals surface area (Å²) in [6, 6.07) is 0. The van der Waals surface area contributed by atoms with Gasteiger partial charge in [-0.05, 0) is 0 Å². The van der Waals surface area contributed by atoms with Crippen molar-refractivity contribution in [3.8, 4) is 0 Å². The van der Waals surface area contributed by atoms with Crippen LogP contribution < -0.4 is 0 Å². The SMILES string of the molecule is [AsH3].[AsH3].[TeH2].[TeH2].[TeH2]. The van der Waals surface area contributed by atoms with E-state index in [0.717, 1.165) is 0 Å². The van der Waals surface area contributed by atoms with Crippen molar-refractivity contribution in [1.82, 2.24) is 0 Å². The molecule has 0 saturated heterocycles. The van der Waals surface area contributed by atoms with Crippen molar-refractivity contribution in [3.05, 3.63) is 0 Å². The Morgan fingerprint density at radius 3 is 0.400 bits per heavy atom. The van der Waals surface area contributed by atoms with E-state index in [1.54, 1.807) is 0 Å². The molecule has 0 aliphatic heterocycles. The van der Waals surface area contributed by atoms with Crippen LogP contribution in [0.5, 0.6) is 0 Å². The van der Waals surface area contributed by atoms with Gasteiger partial charge in [0.25, 0.3) is 0 Å². The number of rotatable bonds is 0. The fourth-order valence-electron chi connectivity index (χ4n) is 0. The van der Waals surface area contributed by atoms with Crippen LogP contribution in [0.2, 0.25) is 0 Å². The third-order valence-corrected chi connectivity index (χ3v) is 0. The van der Waals surface area contributed by atoms with E-state index in [-0.39, 0.29) is 107 Å². The van der Waals surface area contributed by atoms with E-state index < -0.39 is 0 Å². The Labute approximate surface area is 105 Å². The Kier molecular flexibility index (Phi) is 203. The molecule has 0 aromatic rings. The molecule has 0 fully saturated rings. The molecular weight excluding hydrogens is 533 g/mol. The maximum atomic E-state index is 0. The summed E-state index contributed by atoms with van der Waals surface area (Å²) in [4.78, 5) is 0. The Hall–Kier alpha value is 3.49. The number of hydrogen-bond acceptors (Lipinski definition) is 0. The molecule has 2 unspecified atom stereocenters. The Morgan fingerprint density at radius 2 is 0.400 bits per heavy atom. The molecule has 0 aromatic heterocycles. The second-order valence-corrected chi connectivity index (χ2v) is 0. The fraction of sp³-hybridized carbons (Fsp3) is 0. The normalized spacial score (nSPS) is 0. The molecule has 0 N–H and O–H groups in total. The molecule has 5 heavy (non-hydrogen) atoms. The van der Waals surface area contributed by atoms with Gasteiger partial charge in [-0.2, -0.15) is 0 Å². The van der Waals surface area contributed by atoms with Crippen molar-refractivity contribution in [2.45, 2.75) is 0 Å². The van der Waals surface area contributed by atoms with Crippen molar-refractivity contribution in [2.24, 2.45) is 0 Å². The molecule has 0 aromatic carbocycles. The first-order valence-electron chi connectivity index (χ1n) is 0. The standard InChI is InChI=1S/2AsH3.3H2Te/h2*1H3;3*1H2. The van der Waals surface area contributed by atoms with Gasteiger partial charge in [0.05, 0.1) is 0 Å². The summed E-state index contributed by atoms with van der Waals surface area (Å²) >= 11 is 0. The first kappa shape index (κ1) is 39.1. The zero-order valence-electron chi connectivity index (χ0n) is 2.91. The van der Waals surface area contributed by atoms with E-state index in [4.69, 9.17) is 0 Å². The summed E-state index contributed by atoms with van der Waals surface area (Å²) < 4.78 is 0. The third kappa shape index (κ3) is 18.5. The minimum atomic E-state index is 0. The Morgan fingerprint density at radius 1 is 0.400 bits per heavy atom. The first-order chi connectivity index (χ1) is 0. The van der Waals surface area contributed by atoms with Gasteiger partial charge in [0.1, 0.15) is 0 Å². The van der Waals surface area contributed by atoms with Gasteiger partial charge in [0, 0.05) is 0 Å². The van der Waals surface area contributed by atoms with Crippen molar-refractivity contribution in [1.29, 1.82) is 0 Å². The zero-order chi connectivity index (χ0) is 0. The van der Waals surface area contributed by atoms with Gasteiger partial charge in [-0.3, -0.25) is 0 Å². The summed E-state index contributed by atoms with van der Waals surface area (Å²) in [6.07, 6.45) is 0. The van der Waals surface area contributed by atoms with Crippen LogP contribution in [0, 0.1) is 0 Å². The molecule has 0 nitrogen and oxygen atoms in total. The topological polar surface area (TPSA) is 0 Å². The van der Waals surface area contributed by atoms with Crippen LogP contribution in [0.1, 0.15) is 0 Å². The average molecular weight is 545 g/mol. The van der Waals surface area contributed by atoms with Gasteiger partial charge in [-0.25, -0.2) is 0 Å². The van der Waals surface area contributed by atoms with Crippen molar-refractivity contribution in [3.63, 3.8) is 0 Å². The van der Waals surface area contributed by atoms with Crippen LogP contribution in [0.15, 0.2) is 0 Å². The third-order valence-electron chi connectivity index (χ3n) is 0. The van der Waals surface area contributed by atoms with Crippen LogP contribution in [0.4, 0.5) is 0 Å². The van der Waals surface area contributed by atoms with Gasteiger partial charge >= 0.3 is 107 Å². The van der Waals surface area contributed by atoms with Gasteiger partial charge in [0.15, 0.2) is 0 Å². The molecule has 0 spiro atoms. The quantitative estimate of drug-likeness (QED) is 0.268. The summed E-state index contributed by atoms with van der Waals surface area (Å²) in [5.41, 5.74) is 0. The molecule has 40 valence electrons. The van der Waals surface area contributed by atoms with E-state index in [1.165, 1.54) is 0 Å².